The maximum atomic E-state index is 4.37. The summed E-state index contributed by atoms with van der Waals surface area (Å²) >= 11 is 0. The molecule has 0 amide bonds. The lowest BCUT2D eigenvalue weighted by atomic mass is 9.96. The van der Waals surface area contributed by atoms with Gasteiger partial charge in [0.1, 0.15) is 5.84 Å². The molecule has 0 aromatic carbocycles. The van der Waals surface area contributed by atoms with Crippen molar-refractivity contribution >= 4 is 5.84 Å². The van der Waals surface area contributed by atoms with Crippen molar-refractivity contribution in [2.24, 2.45) is 10.9 Å². The molecule has 0 saturated carbocycles. The fourth-order valence-corrected chi connectivity index (χ4v) is 2.24. The zero-order chi connectivity index (χ0) is 12.7. The van der Waals surface area contributed by atoms with Crippen molar-refractivity contribution < 1.29 is 0 Å². The van der Waals surface area contributed by atoms with Crippen LogP contribution in [0.2, 0.25) is 0 Å². The van der Waals surface area contributed by atoms with Gasteiger partial charge in [-0.1, -0.05) is 19.6 Å². The summed E-state index contributed by atoms with van der Waals surface area (Å²) in [5.74, 6) is 1.60. The van der Waals surface area contributed by atoms with Crippen molar-refractivity contribution in [3.8, 4) is 0 Å². The smallest absolute Gasteiger partial charge is 0.105 e. The standard InChI is InChI=1S/C14H25N3/c1-5-9-16-14(15-4)13-8-7-10-17(11-13)12(3)6-2/h5,9,13H,3,6-8,10-11H2,1-2,4H3,(H,15,16)/b9-5-. The van der Waals surface area contributed by atoms with Gasteiger partial charge in [0.25, 0.3) is 0 Å². The monoisotopic (exact) mass is 235 g/mol. The molecule has 0 bridgehead atoms. The molecule has 1 aliphatic rings. The molecule has 1 rings (SSSR count). The lowest BCUT2D eigenvalue weighted by molar-refractivity contribution is 0.248. The molecule has 1 saturated heterocycles. The molecule has 1 fully saturated rings. The van der Waals surface area contributed by atoms with Gasteiger partial charge in [-0.05, 0) is 32.4 Å². The Morgan fingerprint density at radius 1 is 1.59 bits per heavy atom. The Labute approximate surface area is 105 Å². The van der Waals surface area contributed by atoms with E-state index in [2.05, 4.69) is 28.7 Å². The predicted octanol–water partition coefficient (Wildman–Crippen LogP) is 2.77. The minimum absolute atomic E-state index is 0.508. The summed E-state index contributed by atoms with van der Waals surface area (Å²) in [6.07, 6.45) is 7.42. The predicted molar refractivity (Wildman–Crippen MR) is 75.0 cm³/mol. The second-order valence-corrected chi connectivity index (χ2v) is 4.46. The fraction of sp³-hybridized carbons (Fsp3) is 0.643. The van der Waals surface area contributed by atoms with Gasteiger partial charge in [0.2, 0.25) is 0 Å². The molecule has 96 valence electrons. The van der Waals surface area contributed by atoms with E-state index in [0.29, 0.717) is 5.92 Å². The summed E-state index contributed by atoms with van der Waals surface area (Å²) in [6.45, 7) is 10.5. The maximum Gasteiger partial charge on any atom is 0.105 e. The van der Waals surface area contributed by atoms with Crippen LogP contribution in [0.1, 0.15) is 33.1 Å². The molecule has 1 atom stereocenters. The molecular formula is C14H25N3. The Bertz CT molecular complexity index is 305. The van der Waals surface area contributed by atoms with E-state index >= 15 is 0 Å². The lowest BCUT2D eigenvalue weighted by Gasteiger charge is -2.35. The Hall–Kier alpha value is -1.25. The van der Waals surface area contributed by atoms with E-state index < -0.39 is 0 Å². The summed E-state index contributed by atoms with van der Waals surface area (Å²) in [5.41, 5.74) is 1.25. The molecule has 3 nitrogen and oxygen atoms in total. The van der Waals surface area contributed by atoms with Gasteiger partial charge in [-0.2, -0.15) is 0 Å². The van der Waals surface area contributed by atoms with Gasteiger partial charge in [0.05, 0.1) is 0 Å². The van der Waals surface area contributed by atoms with E-state index in [1.807, 2.05) is 26.2 Å². The van der Waals surface area contributed by atoms with Gasteiger partial charge < -0.3 is 10.2 Å². The maximum absolute atomic E-state index is 4.37. The summed E-state index contributed by atoms with van der Waals surface area (Å²) in [4.78, 5) is 6.77. The fourth-order valence-electron chi connectivity index (χ4n) is 2.24. The van der Waals surface area contributed by atoms with E-state index in [0.717, 1.165) is 25.3 Å². The number of hydrogen-bond acceptors (Lipinski definition) is 2. The van der Waals surface area contributed by atoms with Gasteiger partial charge in [-0.25, -0.2) is 0 Å². The zero-order valence-corrected chi connectivity index (χ0v) is 11.4. The van der Waals surface area contributed by atoms with Gasteiger partial charge in [0.15, 0.2) is 0 Å². The van der Waals surface area contributed by atoms with Gasteiger partial charge in [0, 0.05) is 31.8 Å². The average Bonchev–Trinajstić information content (AvgIpc) is 2.39. The van der Waals surface area contributed by atoms with Crippen molar-refractivity contribution in [2.75, 3.05) is 20.1 Å². The van der Waals surface area contributed by atoms with Crippen molar-refractivity contribution in [3.63, 3.8) is 0 Å². The number of nitrogens with one attached hydrogen (secondary N) is 1. The van der Waals surface area contributed by atoms with Crippen LogP contribution in [0.15, 0.2) is 29.5 Å². The van der Waals surface area contributed by atoms with Gasteiger partial charge >= 0.3 is 0 Å². The number of aliphatic imine (C=N–C) groups is 1. The van der Waals surface area contributed by atoms with Crippen LogP contribution in [0.3, 0.4) is 0 Å². The van der Waals surface area contributed by atoms with E-state index in [4.69, 9.17) is 0 Å². The van der Waals surface area contributed by atoms with E-state index in [1.165, 1.54) is 18.5 Å². The number of hydrogen-bond donors (Lipinski definition) is 1. The molecule has 1 aliphatic heterocycles. The summed E-state index contributed by atoms with van der Waals surface area (Å²) in [7, 11) is 1.86. The average molecular weight is 235 g/mol. The molecule has 0 radical (unpaired) electrons. The van der Waals surface area contributed by atoms with Crippen LogP contribution in [0, 0.1) is 5.92 Å². The molecule has 0 spiro atoms. The molecule has 3 heteroatoms. The quantitative estimate of drug-likeness (QED) is 0.599. The van der Waals surface area contributed by atoms with Crippen LogP contribution >= 0.6 is 0 Å². The number of likely N-dealkylation sites (tertiary alicyclic amines) is 1. The molecule has 0 aliphatic carbocycles. The first kappa shape index (κ1) is 13.8. The number of nitrogens with zero attached hydrogens (tertiary/aromatic N) is 2. The molecule has 17 heavy (non-hydrogen) atoms. The molecule has 1 N–H and O–H groups in total. The van der Waals surface area contributed by atoms with Crippen molar-refractivity contribution in [1.29, 1.82) is 0 Å². The number of piperidine rings is 1. The minimum atomic E-state index is 0.508. The van der Waals surface area contributed by atoms with Gasteiger partial charge in [-0.3, -0.25) is 4.99 Å². The molecular weight excluding hydrogens is 210 g/mol. The second-order valence-electron chi connectivity index (χ2n) is 4.46. The minimum Gasteiger partial charge on any atom is -0.375 e. The Morgan fingerprint density at radius 3 is 2.94 bits per heavy atom. The number of amidine groups is 1. The summed E-state index contributed by atoms with van der Waals surface area (Å²) in [6, 6.07) is 0. The highest BCUT2D eigenvalue weighted by molar-refractivity contribution is 5.85. The van der Waals surface area contributed by atoms with Gasteiger partial charge in [-0.15, -0.1) is 0 Å². The van der Waals surface area contributed by atoms with Crippen molar-refractivity contribution in [3.05, 3.63) is 24.6 Å². The second kappa shape index (κ2) is 7.15. The zero-order valence-electron chi connectivity index (χ0n) is 11.4. The molecule has 1 unspecified atom stereocenters. The molecule has 1 heterocycles. The van der Waals surface area contributed by atoms with Crippen molar-refractivity contribution in [1.82, 2.24) is 10.2 Å². The van der Waals surface area contributed by atoms with E-state index in [9.17, 15) is 0 Å². The van der Waals surface area contributed by atoms with Crippen LogP contribution in [0.5, 0.6) is 0 Å². The first-order valence-corrected chi connectivity index (χ1v) is 6.50. The van der Waals surface area contributed by atoms with Crippen LogP contribution in [-0.2, 0) is 0 Å². The van der Waals surface area contributed by atoms with Crippen LogP contribution in [0.4, 0.5) is 0 Å². The van der Waals surface area contributed by atoms with E-state index in [-0.39, 0.29) is 0 Å². The van der Waals surface area contributed by atoms with Crippen LogP contribution < -0.4 is 5.32 Å². The lowest BCUT2D eigenvalue weighted by Crippen LogP contribution is -2.41. The Kier molecular flexibility index (Phi) is 5.81. The van der Waals surface area contributed by atoms with Crippen LogP contribution in [-0.4, -0.2) is 30.9 Å². The highest BCUT2D eigenvalue weighted by Gasteiger charge is 2.23. The van der Waals surface area contributed by atoms with E-state index in [1.54, 1.807) is 0 Å². The largest absolute Gasteiger partial charge is 0.375 e. The Morgan fingerprint density at radius 2 is 2.35 bits per heavy atom. The highest BCUT2D eigenvalue weighted by atomic mass is 15.2. The highest BCUT2D eigenvalue weighted by Crippen LogP contribution is 2.21. The summed E-state index contributed by atoms with van der Waals surface area (Å²) < 4.78 is 0. The normalized spacial score (nSPS) is 21.9. The third kappa shape index (κ3) is 3.91. The topological polar surface area (TPSA) is 27.6 Å². The SMILES string of the molecule is C=C(CC)N1CCCC(C(=NC)N/C=C\C)C1. The molecule has 0 aromatic heterocycles. The first-order valence-electron chi connectivity index (χ1n) is 6.50. The Balaban J connectivity index is 2.61. The third-order valence-corrected chi connectivity index (χ3v) is 3.30. The first-order chi connectivity index (χ1) is 8.22. The number of rotatable bonds is 4. The van der Waals surface area contributed by atoms with Crippen LogP contribution in [0.25, 0.3) is 0 Å². The number of allylic oxidation sites excluding steroid dienone is 2. The van der Waals surface area contributed by atoms with Crippen molar-refractivity contribution in [2.45, 2.75) is 33.1 Å². The molecule has 0 aromatic rings. The summed E-state index contributed by atoms with van der Waals surface area (Å²) in [5, 5.41) is 3.28. The third-order valence-electron chi connectivity index (χ3n) is 3.30.